The van der Waals surface area contributed by atoms with Crippen LogP contribution >= 0.6 is 0 Å². The van der Waals surface area contributed by atoms with Gasteiger partial charge in [-0.15, -0.1) is 0 Å². The molecular formula is C9H16N2O2. The van der Waals surface area contributed by atoms with Crippen LogP contribution in [-0.4, -0.2) is 43.3 Å². The predicted molar refractivity (Wildman–Crippen MR) is 49.3 cm³/mol. The quantitative estimate of drug-likeness (QED) is 0.610. The van der Waals surface area contributed by atoms with Gasteiger partial charge in [-0.25, -0.2) is 0 Å². The molecule has 1 N–H and O–H groups in total. The molecule has 0 spiro atoms. The van der Waals surface area contributed by atoms with Gasteiger partial charge in [-0.2, -0.15) is 0 Å². The lowest BCUT2D eigenvalue weighted by molar-refractivity contribution is -0.136. The van der Waals surface area contributed by atoms with Crippen LogP contribution in [0.15, 0.2) is 0 Å². The Morgan fingerprint density at radius 1 is 1.54 bits per heavy atom. The Hall–Kier alpha value is -0.900. The number of ketones is 1. The van der Waals surface area contributed by atoms with Crippen LogP contribution in [0.25, 0.3) is 0 Å². The normalized spacial score (nSPS) is 23.1. The molecule has 0 aromatic carbocycles. The van der Waals surface area contributed by atoms with Crippen molar-refractivity contribution < 1.29 is 9.59 Å². The molecule has 1 rings (SSSR count). The van der Waals surface area contributed by atoms with Gasteiger partial charge in [0.15, 0.2) is 0 Å². The molecule has 0 saturated carbocycles. The maximum atomic E-state index is 10.9. The highest BCUT2D eigenvalue weighted by molar-refractivity contribution is 6.35. The van der Waals surface area contributed by atoms with Crippen molar-refractivity contribution in [3.8, 4) is 0 Å². The Morgan fingerprint density at radius 3 is 2.69 bits per heavy atom. The first-order valence-electron chi connectivity index (χ1n) is 4.57. The van der Waals surface area contributed by atoms with E-state index in [2.05, 4.69) is 17.3 Å². The van der Waals surface area contributed by atoms with Crippen LogP contribution in [0.1, 0.15) is 13.3 Å². The topological polar surface area (TPSA) is 49.4 Å². The monoisotopic (exact) mass is 184 g/mol. The van der Waals surface area contributed by atoms with E-state index < -0.39 is 11.7 Å². The summed E-state index contributed by atoms with van der Waals surface area (Å²) in [5.74, 6) is -0.366. The van der Waals surface area contributed by atoms with Gasteiger partial charge in [0, 0.05) is 20.0 Å². The molecule has 1 fully saturated rings. The number of carbonyl (C=O) groups is 2. The summed E-state index contributed by atoms with van der Waals surface area (Å²) < 4.78 is 0. The van der Waals surface area contributed by atoms with E-state index in [4.69, 9.17) is 0 Å². The zero-order valence-corrected chi connectivity index (χ0v) is 8.17. The molecule has 1 amide bonds. The first-order chi connectivity index (χ1) is 6.09. The van der Waals surface area contributed by atoms with Crippen molar-refractivity contribution in [2.45, 2.75) is 13.3 Å². The molecule has 0 aliphatic carbocycles. The van der Waals surface area contributed by atoms with Gasteiger partial charge in [-0.3, -0.25) is 9.59 Å². The predicted octanol–water partition coefficient (Wildman–Crippen LogP) is -0.357. The molecule has 1 aliphatic heterocycles. The number of nitrogens with one attached hydrogen (secondary N) is 1. The van der Waals surface area contributed by atoms with Crippen molar-refractivity contribution in [2.75, 3.05) is 26.7 Å². The molecule has 0 aromatic rings. The Morgan fingerprint density at radius 2 is 2.23 bits per heavy atom. The molecule has 1 atom stereocenters. The highest BCUT2D eigenvalue weighted by atomic mass is 16.2. The van der Waals surface area contributed by atoms with E-state index in [1.165, 1.54) is 6.92 Å². The van der Waals surface area contributed by atoms with Crippen molar-refractivity contribution in [3.63, 3.8) is 0 Å². The molecular weight excluding hydrogens is 168 g/mol. The molecule has 13 heavy (non-hydrogen) atoms. The lowest BCUT2D eigenvalue weighted by atomic mass is 10.1. The first kappa shape index (κ1) is 10.2. The second-order valence-electron chi connectivity index (χ2n) is 3.68. The van der Waals surface area contributed by atoms with E-state index in [1.54, 1.807) is 0 Å². The van der Waals surface area contributed by atoms with Crippen LogP contribution in [0.3, 0.4) is 0 Å². The zero-order chi connectivity index (χ0) is 9.84. The van der Waals surface area contributed by atoms with Crippen LogP contribution in [-0.2, 0) is 9.59 Å². The molecule has 1 heterocycles. The Kier molecular flexibility index (Phi) is 3.42. The molecule has 4 nitrogen and oxygen atoms in total. The highest BCUT2D eigenvalue weighted by Gasteiger charge is 2.20. The fraction of sp³-hybridized carbons (Fsp3) is 0.778. The smallest absolute Gasteiger partial charge is 0.287 e. The zero-order valence-electron chi connectivity index (χ0n) is 8.17. The maximum absolute atomic E-state index is 10.9. The van der Waals surface area contributed by atoms with Gasteiger partial charge in [0.05, 0.1) is 0 Å². The third-order valence-electron chi connectivity index (χ3n) is 2.36. The van der Waals surface area contributed by atoms with Crippen LogP contribution in [0.4, 0.5) is 0 Å². The summed E-state index contributed by atoms with van der Waals surface area (Å²) in [7, 11) is 2.06. The Balaban J connectivity index is 2.20. The van der Waals surface area contributed by atoms with Gasteiger partial charge in [0.1, 0.15) is 0 Å². The van der Waals surface area contributed by atoms with Gasteiger partial charge in [0.2, 0.25) is 5.78 Å². The minimum Gasteiger partial charge on any atom is -0.349 e. The third kappa shape index (κ3) is 3.14. The fourth-order valence-corrected chi connectivity index (χ4v) is 1.55. The maximum Gasteiger partial charge on any atom is 0.287 e. The molecule has 1 saturated heterocycles. The van der Waals surface area contributed by atoms with Crippen molar-refractivity contribution in [3.05, 3.63) is 0 Å². The molecule has 1 unspecified atom stereocenters. The van der Waals surface area contributed by atoms with Crippen molar-refractivity contribution in [1.29, 1.82) is 0 Å². The van der Waals surface area contributed by atoms with Crippen LogP contribution in [0.5, 0.6) is 0 Å². The van der Waals surface area contributed by atoms with Gasteiger partial charge in [-0.05, 0) is 25.9 Å². The number of hydrogen-bond acceptors (Lipinski definition) is 3. The Labute approximate surface area is 78.3 Å². The highest BCUT2D eigenvalue weighted by Crippen LogP contribution is 2.12. The minimum absolute atomic E-state index is 0.411. The number of rotatable bonds is 3. The molecule has 0 radical (unpaired) electrons. The molecule has 0 aromatic heterocycles. The fourth-order valence-electron chi connectivity index (χ4n) is 1.55. The minimum atomic E-state index is -0.463. The average molecular weight is 184 g/mol. The number of hydrogen-bond donors (Lipinski definition) is 1. The molecule has 4 heteroatoms. The van der Waals surface area contributed by atoms with Gasteiger partial charge in [0.25, 0.3) is 5.91 Å². The van der Waals surface area contributed by atoms with E-state index in [-0.39, 0.29) is 0 Å². The van der Waals surface area contributed by atoms with Crippen LogP contribution in [0.2, 0.25) is 0 Å². The van der Waals surface area contributed by atoms with E-state index in [0.717, 1.165) is 19.5 Å². The number of carbonyl (C=O) groups excluding carboxylic acids is 2. The number of Topliss-reactive ketones (excluding diaryl/α,β-unsaturated/α-hetero) is 1. The summed E-state index contributed by atoms with van der Waals surface area (Å²) in [6.07, 6.45) is 1.11. The van der Waals surface area contributed by atoms with E-state index in [9.17, 15) is 9.59 Å². The lowest BCUT2D eigenvalue weighted by Gasteiger charge is -2.10. The number of nitrogens with zero attached hydrogens (tertiary/aromatic N) is 1. The molecule has 74 valence electrons. The van der Waals surface area contributed by atoms with Crippen molar-refractivity contribution >= 4 is 11.7 Å². The number of likely N-dealkylation sites (tertiary alicyclic amines) is 1. The van der Waals surface area contributed by atoms with Gasteiger partial charge in [-0.1, -0.05) is 0 Å². The summed E-state index contributed by atoms with van der Waals surface area (Å²) in [6, 6.07) is 0. The van der Waals surface area contributed by atoms with Crippen molar-refractivity contribution in [2.24, 2.45) is 5.92 Å². The standard InChI is InChI=1S/C9H16N2O2/c1-7(12)9(13)10-5-8-3-4-11(2)6-8/h8H,3-6H2,1-2H3,(H,10,13). The molecule has 1 aliphatic rings. The largest absolute Gasteiger partial charge is 0.349 e. The van der Waals surface area contributed by atoms with Crippen molar-refractivity contribution in [1.82, 2.24) is 10.2 Å². The van der Waals surface area contributed by atoms with Crippen LogP contribution < -0.4 is 5.32 Å². The van der Waals surface area contributed by atoms with Gasteiger partial charge < -0.3 is 10.2 Å². The second-order valence-corrected chi connectivity index (χ2v) is 3.68. The SMILES string of the molecule is CC(=O)C(=O)NCC1CCN(C)C1. The summed E-state index contributed by atoms with van der Waals surface area (Å²) in [4.78, 5) is 23.7. The third-order valence-corrected chi connectivity index (χ3v) is 2.36. The summed E-state index contributed by atoms with van der Waals surface area (Å²) >= 11 is 0. The van der Waals surface area contributed by atoms with E-state index in [0.29, 0.717) is 12.5 Å². The average Bonchev–Trinajstić information content (AvgIpc) is 2.47. The van der Waals surface area contributed by atoms with E-state index in [1.807, 2.05) is 0 Å². The van der Waals surface area contributed by atoms with Gasteiger partial charge >= 0.3 is 0 Å². The Bertz CT molecular complexity index is 216. The second kappa shape index (κ2) is 4.37. The first-order valence-corrected chi connectivity index (χ1v) is 4.57. The van der Waals surface area contributed by atoms with Crippen LogP contribution in [0, 0.1) is 5.92 Å². The van der Waals surface area contributed by atoms with E-state index >= 15 is 0 Å². The lowest BCUT2D eigenvalue weighted by Crippen LogP contribution is -2.34. The summed E-state index contributed by atoms with van der Waals surface area (Å²) in [5, 5.41) is 2.63. The molecule has 0 bridgehead atoms. The summed E-state index contributed by atoms with van der Waals surface area (Å²) in [6.45, 7) is 4.01. The number of amides is 1. The summed E-state index contributed by atoms with van der Waals surface area (Å²) in [5.41, 5.74) is 0.